The fraction of sp³-hybridized carbons (Fsp3) is 0.182. The van der Waals surface area contributed by atoms with Crippen LogP contribution in [0.5, 0.6) is 17.8 Å². The monoisotopic (exact) mass is 329 g/mol. The van der Waals surface area contributed by atoms with Crippen molar-refractivity contribution in [2.24, 2.45) is 0 Å². The van der Waals surface area contributed by atoms with Crippen LogP contribution in [-0.2, 0) is 0 Å². The van der Waals surface area contributed by atoms with Crippen LogP contribution in [-0.4, -0.2) is 22.1 Å². The number of rotatable bonds is 3. The van der Waals surface area contributed by atoms with Crippen molar-refractivity contribution in [1.82, 2.24) is 15.0 Å². The van der Waals surface area contributed by atoms with E-state index in [1.807, 2.05) is 19.1 Å². The van der Waals surface area contributed by atoms with E-state index in [-0.39, 0.29) is 17.3 Å². The normalized spacial score (nSPS) is 10.2. The molecule has 0 saturated carbocycles. The molecule has 94 valence electrons. The minimum absolute atomic E-state index is 0.0192. The number of methoxy groups -OCH3 is 1. The minimum Gasteiger partial charge on any atom is -0.467 e. The van der Waals surface area contributed by atoms with Gasteiger partial charge < -0.3 is 9.47 Å². The fourth-order valence-corrected chi connectivity index (χ4v) is 1.63. The Morgan fingerprint density at radius 3 is 2.56 bits per heavy atom. The maximum atomic E-state index is 5.72. The summed E-state index contributed by atoms with van der Waals surface area (Å²) in [6.07, 6.45) is 0. The molecule has 0 spiro atoms. The molecule has 1 heterocycles. The van der Waals surface area contributed by atoms with E-state index >= 15 is 0 Å². The van der Waals surface area contributed by atoms with Crippen molar-refractivity contribution in [1.29, 1.82) is 0 Å². The predicted molar refractivity (Wildman–Crippen MR) is 70.3 cm³/mol. The van der Waals surface area contributed by atoms with Crippen molar-refractivity contribution in [3.63, 3.8) is 0 Å². The molecule has 0 unspecified atom stereocenters. The van der Waals surface area contributed by atoms with Crippen LogP contribution in [0.1, 0.15) is 5.56 Å². The Hall–Kier alpha value is -1.40. The first-order valence-electron chi connectivity index (χ1n) is 4.98. The summed E-state index contributed by atoms with van der Waals surface area (Å²) in [7, 11) is 1.44. The van der Waals surface area contributed by atoms with Crippen LogP contribution in [0, 0.1) is 6.92 Å². The Morgan fingerprint density at radius 1 is 1.17 bits per heavy atom. The van der Waals surface area contributed by atoms with Crippen LogP contribution in [0.4, 0.5) is 0 Å². The highest BCUT2D eigenvalue weighted by Crippen LogP contribution is 2.25. The first-order chi connectivity index (χ1) is 8.58. The predicted octanol–water partition coefficient (Wildman–Crippen LogP) is 3.40. The van der Waals surface area contributed by atoms with Crippen LogP contribution in [0.15, 0.2) is 22.7 Å². The van der Waals surface area contributed by atoms with Gasteiger partial charge in [-0.25, -0.2) is 0 Å². The van der Waals surface area contributed by atoms with Gasteiger partial charge in [-0.2, -0.15) is 9.97 Å². The molecule has 7 heteroatoms. The summed E-state index contributed by atoms with van der Waals surface area (Å²) in [4.78, 5) is 11.6. The standard InChI is InChI=1S/C11H9BrClN3O2/c1-6-5-7(3-4-8(6)12)18-11-15-9(13)14-10(16-11)17-2/h3-5H,1-2H3. The highest BCUT2D eigenvalue weighted by molar-refractivity contribution is 9.10. The minimum atomic E-state index is 0.0192. The SMILES string of the molecule is COc1nc(Cl)nc(Oc2ccc(Br)c(C)c2)n1. The lowest BCUT2D eigenvalue weighted by Crippen LogP contribution is -1.98. The molecule has 0 aliphatic rings. The van der Waals surface area contributed by atoms with E-state index in [2.05, 4.69) is 30.9 Å². The van der Waals surface area contributed by atoms with E-state index in [0.29, 0.717) is 5.75 Å². The summed E-state index contributed by atoms with van der Waals surface area (Å²) in [6.45, 7) is 1.96. The van der Waals surface area contributed by atoms with Gasteiger partial charge in [-0.1, -0.05) is 15.9 Å². The second kappa shape index (κ2) is 5.49. The van der Waals surface area contributed by atoms with Crippen LogP contribution in [0.3, 0.4) is 0 Å². The maximum absolute atomic E-state index is 5.72. The van der Waals surface area contributed by atoms with E-state index in [1.165, 1.54) is 7.11 Å². The highest BCUT2D eigenvalue weighted by atomic mass is 79.9. The summed E-state index contributed by atoms with van der Waals surface area (Å²) >= 11 is 9.13. The second-order valence-corrected chi connectivity index (χ2v) is 4.58. The third-order valence-electron chi connectivity index (χ3n) is 2.09. The van der Waals surface area contributed by atoms with Gasteiger partial charge in [0.05, 0.1) is 7.11 Å². The lowest BCUT2D eigenvalue weighted by atomic mass is 10.2. The van der Waals surface area contributed by atoms with Gasteiger partial charge >= 0.3 is 12.0 Å². The molecule has 0 atom stereocenters. The number of aromatic nitrogens is 3. The summed E-state index contributed by atoms with van der Waals surface area (Å²) in [5.41, 5.74) is 1.04. The highest BCUT2D eigenvalue weighted by Gasteiger charge is 2.08. The zero-order valence-corrected chi connectivity index (χ0v) is 12.0. The fourth-order valence-electron chi connectivity index (χ4n) is 1.24. The average molecular weight is 331 g/mol. The number of ether oxygens (including phenoxy) is 2. The lowest BCUT2D eigenvalue weighted by molar-refractivity contribution is 0.359. The molecule has 1 aromatic carbocycles. The third-order valence-corrected chi connectivity index (χ3v) is 3.15. The number of nitrogens with zero attached hydrogens (tertiary/aromatic N) is 3. The molecule has 0 aliphatic heterocycles. The van der Waals surface area contributed by atoms with E-state index in [0.717, 1.165) is 10.0 Å². The lowest BCUT2D eigenvalue weighted by Gasteiger charge is -2.06. The van der Waals surface area contributed by atoms with Crippen LogP contribution >= 0.6 is 27.5 Å². The Bertz CT molecular complexity index is 580. The van der Waals surface area contributed by atoms with Crippen molar-refractivity contribution >= 4 is 27.5 Å². The van der Waals surface area contributed by atoms with Gasteiger partial charge in [-0.15, -0.1) is 4.98 Å². The Labute approximate surface area is 117 Å². The molecule has 0 fully saturated rings. The Morgan fingerprint density at radius 2 is 1.89 bits per heavy atom. The van der Waals surface area contributed by atoms with Gasteiger partial charge in [0.15, 0.2) is 0 Å². The number of halogens is 2. The summed E-state index contributed by atoms with van der Waals surface area (Å²) in [5, 5.41) is 0.0192. The second-order valence-electron chi connectivity index (χ2n) is 3.39. The summed E-state index contributed by atoms with van der Waals surface area (Å²) < 4.78 is 11.4. The van der Waals surface area contributed by atoms with E-state index in [4.69, 9.17) is 21.1 Å². The smallest absolute Gasteiger partial charge is 0.329 e. The topological polar surface area (TPSA) is 57.1 Å². The molecule has 5 nitrogen and oxygen atoms in total. The summed E-state index contributed by atoms with van der Waals surface area (Å²) in [5.74, 6) is 0.611. The van der Waals surface area contributed by atoms with Gasteiger partial charge in [-0.3, -0.25) is 0 Å². The van der Waals surface area contributed by atoms with Crippen LogP contribution in [0.2, 0.25) is 5.28 Å². The van der Waals surface area contributed by atoms with Gasteiger partial charge in [0.25, 0.3) is 0 Å². The first kappa shape index (κ1) is 13.0. The molecule has 1 aromatic heterocycles. The first-order valence-corrected chi connectivity index (χ1v) is 6.15. The molecule has 18 heavy (non-hydrogen) atoms. The van der Waals surface area contributed by atoms with Gasteiger partial charge in [0, 0.05) is 4.47 Å². The molecule has 0 bridgehead atoms. The largest absolute Gasteiger partial charge is 0.467 e. The zero-order valence-electron chi connectivity index (χ0n) is 9.65. The quantitative estimate of drug-likeness (QED) is 0.863. The van der Waals surface area contributed by atoms with E-state index in [9.17, 15) is 0 Å². The Balaban J connectivity index is 2.27. The molecule has 0 radical (unpaired) electrons. The maximum Gasteiger partial charge on any atom is 0.329 e. The van der Waals surface area contributed by atoms with E-state index in [1.54, 1.807) is 6.07 Å². The number of hydrogen-bond acceptors (Lipinski definition) is 5. The van der Waals surface area contributed by atoms with Crippen molar-refractivity contribution in [3.05, 3.63) is 33.5 Å². The zero-order chi connectivity index (χ0) is 13.1. The van der Waals surface area contributed by atoms with Gasteiger partial charge in [0.1, 0.15) is 5.75 Å². The van der Waals surface area contributed by atoms with Crippen molar-refractivity contribution < 1.29 is 9.47 Å². The van der Waals surface area contributed by atoms with Gasteiger partial charge in [-0.05, 0) is 42.3 Å². The van der Waals surface area contributed by atoms with E-state index < -0.39 is 0 Å². The number of aryl methyl sites for hydroxylation is 1. The molecular formula is C11H9BrClN3O2. The number of benzene rings is 1. The van der Waals surface area contributed by atoms with Crippen LogP contribution < -0.4 is 9.47 Å². The molecule has 0 N–H and O–H groups in total. The van der Waals surface area contributed by atoms with Crippen molar-refractivity contribution in [2.45, 2.75) is 6.92 Å². The molecule has 0 amide bonds. The summed E-state index contributed by atoms with van der Waals surface area (Å²) in [6, 6.07) is 5.73. The van der Waals surface area contributed by atoms with Crippen molar-refractivity contribution in [3.8, 4) is 17.8 Å². The number of hydrogen-bond donors (Lipinski definition) is 0. The molecule has 0 aliphatic carbocycles. The molecule has 2 rings (SSSR count). The van der Waals surface area contributed by atoms with Crippen molar-refractivity contribution in [2.75, 3.05) is 7.11 Å². The Kier molecular flexibility index (Phi) is 3.98. The average Bonchev–Trinajstić information content (AvgIpc) is 2.33. The third kappa shape index (κ3) is 3.08. The van der Waals surface area contributed by atoms with Crippen LogP contribution in [0.25, 0.3) is 0 Å². The van der Waals surface area contributed by atoms with Gasteiger partial charge in [0.2, 0.25) is 5.28 Å². The molecular weight excluding hydrogens is 321 g/mol. The molecule has 2 aromatic rings. The molecule has 0 saturated heterocycles.